The Hall–Kier alpha value is -3.85. The molecule has 16 heteroatoms. The summed E-state index contributed by atoms with van der Waals surface area (Å²) in [5.74, 6) is -2.47. The second-order valence-electron chi connectivity index (χ2n) is 15.0. The fraction of sp³-hybridized carbons (Fsp3) is 0.639. The Morgan fingerprint density at radius 1 is 0.942 bits per heavy atom. The van der Waals surface area contributed by atoms with Gasteiger partial charge in [-0.05, 0) is 81.4 Å². The molecule has 0 spiro atoms. The molecule has 3 aliphatic carbocycles. The Morgan fingerprint density at radius 2 is 1.71 bits per heavy atom. The molecule has 5 atom stereocenters. The van der Waals surface area contributed by atoms with Gasteiger partial charge in [0.2, 0.25) is 21.8 Å². The smallest absolute Gasteiger partial charge is 0.410 e. The van der Waals surface area contributed by atoms with Gasteiger partial charge in [-0.1, -0.05) is 48.7 Å². The summed E-state index contributed by atoms with van der Waals surface area (Å²) in [4.78, 5) is 71.5. The molecular weight excluding hydrogens is 714 g/mol. The molecule has 4 fully saturated rings. The van der Waals surface area contributed by atoms with Crippen molar-refractivity contribution in [1.29, 1.82) is 0 Å². The van der Waals surface area contributed by atoms with Crippen LogP contribution in [0.25, 0.3) is 0 Å². The van der Waals surface area contributed by atoms with Crippen molar-refractivity contribution >= 4 is 51.5 Å². The van der Waals surface area contributed by atoms with Crippen LogP contribution in [-0.2, 0) is 47.0 Å². The van der Waals surface area contributed by atoms with Crippen molar-refractivity contribution in [1.82, 2.24) is 25.2 Å². The van der Waals surface area contributed by atoms with Gasteiger partial charge >= 0.3 is 12.2 Å². The van der Waals surface area contributed by atoms with Gasteiger partial charge in [-0.2, -0.15) is 0 Å². The average Bonchev–Trinajstić information content (AvgIpc) is 3.88. The average molecular weight is 760 g/mol. The summed E-state index contributed by atoms with van der Waals surface area (Å²) in [5.41, 5.74) is 0.202. The second kappa shape index (κ2) is 14.9. The van der Waals surface area contributed by atoms with Crippen molar-refractivity contribution in [2.75, 3.05) is 6.54 Å². The zero-order valence-electron chi connectivity index (χ0n) is 29.0. The van der Waals surface area contributed by atoms with Crippen LogP contribution in [0.4, 0.5) is 9.59 Å². The van der Waals surface area contributed by atoms with E-state index in [4.69, 9.17) is 21.1 Å². The number of carbonyl (C=O) groups excluding carboxylic acids is 5. The van der Waals surface area contributed by atoms with Gasteiger partial charge in [-0.25, -0.2) is 18.0 Å². The molecule has 3 N–H and O–H groups in total. The number of amides is 5. The lowest BCUT2D eigenvalue weighted by Gasteiger charge is -2.30. The maximum absolute atomic E-state index is 14.4. The summed E-state index contributed by atoms with van der Waals surface area (Å²) in [6.07, 6.45) is 8.98. The first kappa shape index (κ1) is 36.5. The number of halogens is 1. The van der Waals surface area contributed by atoms with Crippen LogP contribution < -0.4 is 15.4 Å². The number of hydrogen-bond donors (Lipinski definition) is 3. The number of carbonyl (C=O) groups is 5. The van der Waals surface area contributed by atoms with Gasteiger partial charge in [0.15, 0.2) is 0 Å². The first-order valence-corrected chi connectivity index (χ1v) is 20.4. The highest BCUT2D eigenvalue weighted by Crippen LogP contribution is 2.46. The highest BCUT2D eigenvalue weighted by Gasteiger charge is 2.62. The van der Waals surface area contributed by atoms with Gasteiger partial charge in [0.25, 0.3) is 5.91 Å². The van der Waals surface area contributed by atoms with Crippen LogP contribution in [0, 0.1) is 5.92 Å². The van der Waals surface area contributed by atoms with E-state index >= 15 is 0 Å². The van der Waals surface area contributed by atoms with Crippen LogP contribution in [0.15, 0.2) is 30.4 Å². The SMILES string of the molecule is O=C(N[C@H]1CCCCC/C=C\[C@H]2C[C@]2(C(=O)NS(=O)(=O)C2CC2)NC(=O)[C@@H]2C[C@@H](OC(=O)N3Cc4cccc(Cl)c4C3)CN2C1=O)OC1CCCC1. The van der Waals surface area contributed by atoms with Gasteiger partial charge in [0.05, 0.1) is 18.3 Å². The highest BCUT2D eigenvalue weighted by atomic mass is 35.5. The molecule has 0 aromatic heterocycles. The summed E-state index contributed by atoms with van der Waals surface area (Å²) < 4.78 is 39.3. The van der Waals surface area contributed by atoms with E-state index in [1.54, 1.807) is 6.07 Å². The van der Waals surface area contributed by atoms with Crippen LogP contribution in [0.1, 0.15) is 94.6 Å². The molecule has 52 heavy (non-hydrogen) atoms. The van der Waals surface area contributed by atoms with Crippen molar-refractivity contribution in [3.8, 4) is 0 Å². The number of alkyl carbamates (subject to hydrolysis) is 1. The van der Waals surface area contributed by atoms with Gasteiger partial charge < -0.3 is 25.0 Å². The molecule has 0 radical (unpaired) electrons. The molecule has 5 amide bonds. The van der Waals surface area contributed by atoms with Crippen molar-refractivity contribution in [2.45, 2.75) is 132 Å². The van der Waals surface area contributed by atoms with Crippen molar-refractivity contribution in [3.05, 3.63) is 46.5 Å². The Balaban J connectivity index is 1.12. The zero-order chi connectivity index (χ0) is 36.6. The summed E-state index contributed by atoms with van der Waals surface area (Å²) in [7, 11) is -3.90. The third kappa shape index (κ3) is 7.90. The molecule has 1 aromatic rings. The number of rotatable bonds is 6. The third-order valence-corrected chi connectivity index (χ3v) is 13.3. The molecule has 282 valence electrons. The summed E-state index contributed by atoms with van der Waals surface area (Å²) in [6.45, 7) is 0.413. The van der Waals surface area contributed by atoms with Crippen molar-refractivity contribution in [2.24, 2.45) is 5.92 Å². The van der Waals surface area contributed by atoms with E-state index in [0.717, 1.165) is 49.7 Å². The minimum atomic E-state index is -3.90. The fourth-order valence-corrected chi connectivity index (χ4v) is 9.53. The molecule has 6 aliphatic rings. The normalized spacial score (nSPS) is 30.2. The quantitative estimate of drug-likeness (QED) is 0.364. The minimum absolute atomic E-state index is 0.0668. The molecule has 0 unspecified atom stereocenters. The van der Waals surface area contributed by atoms with Crippen LogP contribution >= 0.6 is 11.6 Å². The number of nitrogens with zero attached hydrogens (tertiary/aromatic N) is 2. The maximum atomic E-state index is 14.4. The first-order valence-electron chi connectivity index (χ1n) is 18.5. The maximum Gasteiger partial charge on any atom is 0.410 e. The van der Waals surface area contributed by atoms with Gasteiger partial charge in [0.1, 0.15) is 29.8 Å². The second-order valence-corrected chi connectivity index (χ2v) is 17.4. The zero-order valence-corrected chi connectivity index (χ0v) is 30.6. The highest BCUT2D eigenvalue weighted by molar-refractivity contribution is 7.91. The molecule has 3 saturated carbocycles. The molecule has 7 rings (SSSR count). The first-order chi connectivity index (χ1) is 24.9. The molecule has 1 saturated heterocycles. The minimum Gasteiger partial charge on any atom is -0.446 e. The largest absolute Gasteiger partial charge is 0.446 e. The standard InChI is InChI=1S/C36H46ClN5O9S/c37-28-13-8-9-22-19-41(21-27(22)28)35(47)51-25-17-30-31(43)39-36(33(45)40-52(48,49)26-15-16-26)18-23(36)10-4-2-1-3-5-14-29(32(44)42(30)20-25)38-34(46)50-24-11-6-7-12-24/h4,8-10,13,23-26,29-30H,1-3,5-7,11-12,14-21H2,(H,38,46)(H,39,43)(H,40,45)/b10-4-/t23-,25+,29-,30-,36-/m0/s1. The Morgan fingerprint density at radius 3 is 2.46 bits per heavy atom. The van der Waals surface area contributed by atoms with E-state index in [-0.39, 0.29) is 32.0 Å². The van der Waals surface area contributed by atoms with Gasteiger partial charge in [0, 0.05) is 23.9 Å². The number of fused-ring (bicyclic) bond motifs is 3. The van der Waals surface area contributed by atoms with E-state index in [1.807, 2.05) is 24.3 Å². The van der Waals surface area contributed by atoms with Crippen LogP contribution in [0.3, 0.4) is 0 Å². The lowest BCUT2D eigenvalue weighted by Crippen LogP contribution is -2.58. The Bertz CT molecular complexity index is 1750. The van der Waals surface area contributed by atoms with Crippen molar-refractivity contribution in [3.63, 3.8) is 0 Å². The molecule has 14 nitrogen and oxygen atoms in total. The number of sulfonamides is 1. The Kier molecular flexibility index (Phi) is 10.4. The van der Waals surface area contributed by atoms with E-state index in [0.29, 0.717) is 43.7 Å². The lowest BCUT2D eigenvalue weighted by molar-refractivity contribution is -0.141. The van der Waals surface area contributed by atoms with E-state index in [1.165, 1.54) is 9.80 Å². The van der Waals surface area contributed by atoms with Gasteiger partial charge in [-0.15, -0.1) is 0 Å². The molecule has 3 aliphatic heterocycles. The van der Waals surface area contributed by atoms with Crippen molar-refractivity contribution < 1.29 is 41.9 Å². The van der Waals surface area contributed by atoms with Crippen LogP contribution in [-0.4, -0.2) is 89.8 Å². The van der Waals surface area contributed by atoms with Crippen LogP contribution in [0.2, 0.25) is 5.02 Å². The summed E-state index contributed by atoms with van der Waals surface area (Å²) in [6, 6.07) is 3.27. The molecular formula is C36H46ClN5O9S. The number of hydrogen-bond acceptors (Lipinski definition) is 9. The predicted molar refractivity (Wildman–Crippen MR) is 188 cm³/mol. The fourth-order valence-electron chi connectivity index (χ4n) is 7.91. The topological polar surface area (TPSA) is 181 Å². The van der Waals surface area contributed by atoms with Crippen LogP contribution in [0.5, 0.6) is 0 Å². The number of allylic oxidation sites excluding steroid dienone is 1. The van der Waals surface area contributed by atoms with E-state index < -0.39 is 74.8 Å². The van der Waals surface area contributed by atoms with Gasteiger partial charge in [-0.3, -0.25) is 24.0 Å². The number of nitrogens with one attached hydrogen (secondary N) is 3. The van der Waals surface area contributed by atoms with E-state index in [9.17, 15) is 32.4 Å². The molecule has 1 aromatic carbocycles. The monoisotopic (exact) mass is 759 g/mol. The number of benzene rings is 1. The summed E-state index contributed by atoms with van der Waals surface area (Å²) in [5, 5.41) is 5.49. The third-order valence-electron chi connectivity index (χ3n) is 11.2. The molecule has 3 heterocycles. The Labute approximate surface area is 308 Å². The lowest BCUT2D eigenvalue weighted by atomic mass is 10.0. The molecule has 0 bridgehead atoms. The summed E-state index contributed by atoms with van der Waals surface area (Å²) >= 11 is 6.36. The predicted octanol–water partition coefficient (Wildman–Crippen LogP) is 3.80. The number of ether oxygens (including phenoxy) is 2. The van der Waals surface area contributed by atoms with E-state index in [2.05, 4.69) is 15.4 Å².